The van der Waals surface area contributed by atoms with Crippen molar-refractivity contribution < 1.29 is 19.0 Å². The monoisotopic (exact) mass is 301 g/mol. The van der Waals surface area contributed by atoms with Crippen molar-refractivity contribution in [2.45, 2.75) is 0 Å². The summed E-state index contributed by atoms with van der Waals surface area (Å²) in [4.78, 5) is 11.8. The number of ether oxygens (including phenoxy) is 3. The minimum Gasteiger partial charge on any atom is -0.496 e. The third kappa shape index (κ3) is 3.56. The Balaban J connectivity index is 2.51. The molecule has 0 spiro atoms. The van der Waals surface area contributed by atoms with E-state index in [0.717, 1.165) is 11.1 Å². The molecule has 2 aromatic rings. The summed E-state index contributed by atoms with van der Waals surface area (Å²) in [6, 6.07) is 12.8. The molecule has 2 N–H and O–H groups in total. The first-order valence-corrected chi connectivity index (χ1v) is 6.89. The maximum Gasteiger partial charge on any atom is 0.338 e. The number of benzene rings is 2. The Kier molecular flexibility index (Phi) is 5.38. The number of methoxy groups -OCH3 is 2. The van der Waals surface area contributed by atoms with E-state index in [1.165, 1.54) is 7.11 Å². The maximum atomic E-state index is 11.8. The van der Waals surface area contributed by atoms with Gasteiger partial charge in [-0.2, -0.15) is 0 Å². The van der Waals surface area contributed by atoms with Gasteiger partial charge in [0.1, 0.15) is 18.1 Å². The second-order valence-corrected chi connectivity index (χ2v) is 4.58. The van der Waals surface area contributed by atoms with Crippen molar-refractivity contribution in [3.63, 3.8) is 0 Å². The van der Waals surface area contributed by atoms with Gasteiger partial charge in [-0.3, -0.25) is 0 Å². The lowest BCUT2D eigenvalue weighted by molar-refractivity contribution is 0.0600. The molecular formula is C17H19NO4. The molecular weight excluding hydrogens is 282 g/mol. The van der Waals surface area contributed by atoms with E-state index in [1.54, 1.807) is 19.2 Å². The Morgan fingerprint density at radius 1 is 1.14 bits per heavy atom. The number of esters is 1. The van der Waals surface area contributed by atoms with E-state index >= 15 is 0 Å². The first kappa shape index (κ1) is 15.9. The Morgan fingerprint density at radius 3 is 2.59 bits per heavy atom. The van der Waals surface area contributed by atoms with E-state index < -0.39 is 5.97 Å². The van der Waals surface area contributed by atoms with Gasteiger partial charge in [0.25, 0.3) is 0 Å². The molecule has 0 heterocycles. The van der Waals surface area contributed by atoms with Crippen LogP contribution in [0.3, 0.4) is 0 Å². The van der Waals surface area contributed by atoms with Crippen molar-refractivity contribution in [3.05, 3.63) is 48.0 Å². The molecule has 5 heteroatoms. The van der Waals surface area contributed by atoms with Crippen LogP contribution in [-0.2, 0) is 4.74 Å². The predicted octanol–water partition coefficient (Wildman–Crippen LogP) is 2.49. The lowest BCUT2D eigenvalue weighted by atomic mass is 10.0. The minimum absolute atomic E-state index is 0.371. The van der Waals surface area contributed by atoms with Gasteiger partial charge in [-0.15, -0.1) is 0 Å². The number of carbonyl (C=O) groups is 1. The van der Waals surface area contributed by atoms with Crippen LogP contribution >= 0.6 is 0 Å². The molecule has 0 atom stereocenters. The highest BCUT2D eigenvalue weighted by atomic mass is 16.5. The molecule has 0 aliphatic heterocycles. The average molecular weight is 301 g/mol. The molecule has 2 aromatic carbocycles. The van der Waals surface area contributed by atoms with Crippen LogP contribution in [0.2, 0.25) is 0 Å². The van der Waals surface area contributed by atoms with Gasteiger partial charge in [0.05, 0.1) is 19.8 Å². The summed E-state index contributed by atoms with van der Waals surface area (Å²) >= 11 is 0. The standard InChI is InChI=1S/C17H19NO4/c1-20-16-6-4-3-5-15(16)12-9-13(17(19)21-2)11-14(10-12)22-8-7-18/h3-6,9-11H,7-8,18H2,1-2H3. The van der Waals surface area contributed by atoms with Crippen molar-refractivity contribution in [2.24, 2.45) is 5.73 Å². The number of para-hydroxylation sites is 1. The number of hydrogen-bond donors (Lipinski definition) is 1. The number of hydrogen-bond acceptors (Lipinski definition) is 5. The maximum absolute atomic E-state index is 11.8. The largest absolute Gasteiger partial charge is 0.496 e. The Bertz CT molecular complexity index is 655. The molecule has 0 saturated heterocycles. The van der Waals surface area contributed by atoms with Crippen molar-refractivity contribution in [3.8, 4) is 22.6 Å². The third-order valence-corrected chi connectivity index (χ3v) is 3.13. The molecule has 0 unspecified atom stereocenters. The van der Waals surface area contributed by atoms with E-state index in [0.29, 0.717) is 30.2 Å². The van der Waals surface area contributed by atoms with Gasteiger partial charge in [-0.05, 0) is 29.8 Å². The summed E-state index contributed by atoms with van der Waals surface area (Å²) in [5.41, 5.74) is 7.55. The summed E-state index contributed by atoms with van der Waals surface area (Å²) in [6.07, 6.45) is 0. The van der Waals surface area contributed by atoms with E-state index in [4.69, 9.17) is 19.9 Å². The summed E-state index contributed by atoms with van der Waals surface area (Å²) in [5, 5.41) is 0. The Hall–Kier alpha value is -2.53. The molecule has 0 aliphatic rings. The SMILES string of the molecule is COC(=O)c1cc(OCCN)cc(-c2ccccc2OC)c1. The van der Waals surface area contributed by atoms with Crippen molar-refractivity contribution in [1.29, 1.82) is 0 Å². The van der Waals surface area contributed by atoms with Gasteiger partial charge in [0, 0.05) is 12.1 Å². The molecule has 2 rings (SSSR count). The van der Waals surface area contributed by atoms with Crippen LogP contribution in [-0.4, -0.2) is 33.3 Å². The van der Waals surface area contributed by atoms with Crippen LogP contribution in [0.4, 0.5) is 0 Å². The number of nitrogens with two attached hydrogens (primary N) is 1. The van der Waals surface area contributed by atoms with Crippen LogP contribution in [0.25, 0.3) is 11.1 Å². The summed E-state index contributed by atoms with van der Waals surface area (Å²) in [5.74, 6) is 0.859. The normalized spacial score (nSPS) is 10.1. The zero-order valence-electron chi connectivity index (χ0n) is 12.7. The molecule has 0 bridgehead atoms. The van der Waals surface area contributed by atoms with Gasteiger partial charge in [0.15, 0.2) is 0 Å². The fourth-order valence-electron chi connectivity index (χ4n) is 2.13. The van der Waals surface area contributed by atoms with Gasteiger partial charge < -0.3 is 19.9 Å². The van der Waals surface area contributed by atoms with Gasteiger partial charge in [-0.25, -0.2) is 4.79 Å². The molecule has 0 aliphatic carbocycles. The van der Waals surface area contributed by atoms with Gasteiger partial charge in [0.2, 0.25) is 0 Å². The van der Waals surface area contributed by atoms with Crippen molar-refractivity contribution in [2.75, 3.05) is 27.4 Å². The summed E-state index contributed by atoms with van der Waals surface area (Å²) in [6.45, 7) is 0.766. The highest BCUT2D eigenvalue weighted by molar-refractivity contribution is 5.92. The number of carbonyl (C=O) groups excluding carboxylic acids is 1. The lowest BCUT2D eigenvalue weighted by Gasteiger charge is -2.12. The topological polar surface area (TPSA) is 70.8 Å². The van der Waals surface area contributed by atoms with E-state index in [-0.39, 0.29) is 0 Å². The predicted molar refractivity (Wildman–Crippen MR) is 84.3 cm³/mol. The highest BCUT2D eigenvalue weighted by Gasteiger charge is 2.13. The smallest absolute Gasteiger partial charge is 0.338 e. The lowest BCUT2D eigenvalue weighted by Crippen LogP contribution is -2.11. The highest BCUT2D eigenvalue weighted by Crippen LogP contribution is 2.33. The van der Waals surface area contributed by atoms with Crippen LogP contribution in [0, 0.1) is 0 Å². The van der Waals surface area contributed by atoms with Crippen LogP contribution in [0.1, 0.15) is 10.4 Å². The van der Waals surface area contributed by atoms with Crippen molar-refractivity contribution in [1.82, 2.24) is 0 Å². The Morgan fingerprint density at radius 2 is 1.91 bits per heavy atom. The summed E-state index contributed by atoms with van der Waals surface area (Å²) < 4.78 is 15.7. The Labute approximate surface area is 129 Å². The zero-order valence-corrected chi connectivity index (χ0v) is 12.7. The van der Waals surface area contributed by atoms with E-state index in [1.807, 2.05) is 30.3 Å². The molecule has 0 amide bonds. The van der Waals surface area contributed by atoms with Gasteiger partial charge >= 0.3 is 5.97 Å². The zero-order chi connectivity index (χ0) is 15.9. The third-order valence-electron chi connectivity index (χ3n) is 3.13. The van der Waals surface area contributed by atoms with Gasteiger partial charge in [-0.1, -0.05) is 18.2 Å². The minimum atomic E-state index is -0.422. The summed E-state index contributed by atoms with van der Waals surface area (Å²) in [7, 11) is 2.95. The quantitative estimate of drug-likeness (QED) is 0.830. The second kappa shape index (κ2) is 7.47. The van der Waals surface area contributed by atoms with Crippen LogP contribution in [0.15, 0.2) is 42.5 Å². The molecule has 0 radical (unpaired) electrons. The fraction of sp³-hybridized carbons (Fsp3) is 0.235. The average Bonchev–Trinajstić information content (AvgIpc) is 2.58. The fourth-order valence-corrected chi connectivity index (χ4v) is 2.13. The molecule has 22 heavy (non-hydrogen) atoms. The molecule has 116 valence electrons. The van der Waals surface area contributed by atoms with Crippen molar-refractivity contribution >= 4 is 5.97 Å². The second-order valence-electron chi connectivity index (χ2n) is 4.58. The van der Waals surface area contributed by atoms with E-state index in [2.05, 4.69) is 0 Å². The molecule has 0 aromatic heterocycles. The van der Waals surface area contributed by atoms with E-state index in [9.17, 15) is 4.79 Å². The number of rotatable bonds is 6. The first-order valence-electron chi connectivity index (χ1n) is 6.89. The first-order chi connectivity index (χ1) is 10.7. The molecule has 0 fully saturated rings. The van der Waals surface area contributed by atoms with Crippen LogP contribution in [0.5, 0.6) is 11.5 Å². The molecule has 5 nitrogen and oxygen atoms in total. The molecule has 0 saturated carbocycles. The van der Waals surface area contributed by atoms with Crippen LogP contribution < -0.4 is 15.2 Å².